The molecule has 1 amide bonds. The molecule has 0 aliphatic rings. The summed E-state index contributed by atoms with van der Waals surface area (Å²) < 4.78 is 6.78. The van der Waals surface area contributed by atoms with Gasteiger partial charge in [-0.2, -0.15) is 9.61 Å². The molecule has 0 spiro atoms. The summed E-state index contributed by atoms with van der Waals surface area (Å²) in [5, 5.41) is 7.19. The first-order valence-corrected chi connectivity index (χ1v) is 7.09. The van der Waals surface area contributed by atoms with Gasteiger partial charge in [0.1, 0.15) is 16.6 Å². The Kier molecular flexibility index (Phi) is 4.09. The van der Waals surface area contributed by atoms with Crippen molar-refractivity contribution >= 4 is 29.2 Å². The molecule has 2 aromatic heterocycles. The first-order chi connectivity index (χ1) is 9.67. The maximum Gasteiger partial charge on any atom is 0.413 e. The van der Waals surface area contributed by atoms with E-state index in [2.05, 4.69) is 15.4 Å². The molecular formula is C14H19ClN4O2. The molecule has 0 radical (unpaired) electrons. The van der Waals surface area contributed by atoms with Crippen LogP contribution < -0.4 is 5.32 Å². The molecule has 0 saturated heterocycles. The SMILES string of the molecule is CC(C)c1cnn2c(NC(=O)OC(C)(C)C)cc(Cl)nc12. The second-order valence-electron chi connectivity index (χ2n) is 6.08. The Bertz CT molecular complexity index is 673. The Labute approximate surface area is 128 Å². The number of anilines is 1. The van der Waals surface area contributed by atoms with Gasteiger partial charge in [-0.25, -0.2) is 9.78 Å². The van der Waals surface area contributed by atoms with E-state index in [1.165, 1.54) is 6.07 Å². The molecule has 0 aliphatic heterocycles. The van der Waals surface area contributed by atoms with Gasteiger partial charge in [0.25, 0.3) is 0 Å². The zero-order valence-electron chi connectivity index (χ0n) is 12.8. The van der Waals surface area contributed by atoms with Crippen LogP contribution >= 0.6 is 11.6 Å². The number of rotatable bonds is 2. The van der Waals surface area contributed by atoms with Gasteiger partial charge < -0.3 is 4.74 Å². The summed E-state index contributed by atoms with van der Waals surface area (Å²) in [6, 6.07) is 1.54. The number of ether oxygens (including phenoxy) is 1. The number of nitrogens with zero attached hydrogens (tertiary/aromatic N) is 3. The Morgan fingerprint density at radius 3 is 2.67 bits per heavy atom. The van der Waals surface area contributed by atoms with Gasteiger partial charge in [-0.1, -0.05) is 25.4 Å². The highest BCUT2D eigenvalue weighted by atomic mass is 35.5. The molecule has 0 atom stereocenters. The van der Waals surface area contributed by atoms with Gasteiger partial charge in [-0.3, -0.25) is 5.32 Å². The number of nitrogens with one attached hydrogen (secondary N) is 1. The third kappa shape index (κ3) is 3.64. The van der Waals surface area contributed by atoms with Crippen LogP contribution in [-0.2, 0) is 4.74 Å². The van der Waals surface area contributed by atoms with Crippen LogP contribution in [-0.4, -0.2) is 26.3 Å². The summed E-state index contributed by atoms with van der Waals surface area (Å²) in [5.74, 6) is 0.675. The van der Waals surface area contributed by atoms with E-state index >= 15 is 0 Å². The van der Waals surface area contributed by atoms with Gasteiger partial charge in [-0.05, 0) is 26.7 Å². The van der Waals surface area contributed by atoms with Crippen molar-refractivity contribution in [1.29, 1.82) is 0 Å². The van der Waals surface area contributed by atoms with Gasteiger partial charge >= 0.3 is 6.09 Å². The lowest BCUT2D eigenvalue weighted by Crippen LogP contribution is -2.28. The number of amides is 1. The van der Waals surface area contributed by atoms with Crippen LogP contribution in [0.5, 0.6) is 0 Å². The lowest BCUT2D eigenvalue weighted by molar-refractivity contribution is 0.0635. The molecule has 1 N–H and O–H groups in total. The minimum absolute atomic E-state index is 0.253. The fraction of sp³-hybridized carbons (Fsp3) is 0.500. The third-order valence-electron chi connectivity index (χ3n) is 2.72. The molecule has 0 fully saturated rings. The van der Waals surface area contributed by atoms with Gasteiger partial charge in [0, 0.05) is 11.6 Å². The number of halogens is 1. The second kappa shape index (κ2) is 5.52. The van der Waals surface area contributed by atoms with E-state index < -0.39 is 11.7 Å². The molecule has 0 bridgehead atoms. The maximum absolute atomic E-state index is 11.9. The highest BCUT2D eigenvalue weighted by Crippen LogP contribution is 2.24. The summed E-state index contributed by atoms with van der Waals surface area (Å²) in [4.78, 5) is 16.2. The van der Waals surface area contributed by atoms with E-state index in [1.807, 2.05) is 13.8 Å². The van der Waals surface area contributed by atoms with E-state index in [9.17, 15) is 4.79 Å². The maximum atomic E-state index is 11.9. The zero-order valence-corrected chi connectivity index (χ0v) is 13.5. The molecule has 114 valence electrons. The predicted octanol–water partition coefficient (Wildman–Crippen LogP) is 3.85. The molecule has 2 heterocycles. The molecule has 0 aromatic carbocycles. The average Bonchev–Trinajstić information content (AvgIpc) is 2.69. The van der Waals surface area contributed by atoms with Crippen molar-refractivity contribution in [3.05, 3.63) is 23.0 Å². The van der Waals surface area contributed by atoms with Gasteiger partial charge in [0.05, 0.1) is 6.20 Å². The van der Waals surface area contributed by atoms with Crippen molar-refractivity contribution in [2.45, 2.75) is 46.1 Å². The van der Waals surface area contributed by atoms with E-state index in [0.717, 1.165) is 5.56 Å². The summed E-state index contributed by atoms with van der Waals surface area (Å²) in [6.07, 6.45) is 1.16. The topological polar surface area (TPSA) is 68.5 Å². The number of fused-ring (bicyclic) bond motifs is 1. The number of carbonyl (C=O) groups excluding carboxylic acids is 1. The van der Waals surface area contributed by atoms with Crippen LogP contribution in [0.25, 0.3) is 5.65 Å². The first kappa shape index (κ1) is 15.6. The quantitative estimate of drug-likeness (QED) is 0.855. The van der Waals surface area contributed by atoms with Crippen LogP contribution in [0.1, 0.15) is 46.1 Å². The molecule has 0 saturated carbocycles. The number of aromatic nitrogens is 3. The molecule has 0 aliphatic carbocycles. The number of hydrogen-bond acceptors (Lipinski definition) is 4. The van der Waals surface area contributed by atoms with Crippen molar-refractivity contribution in [3.63, 3.8) is 0 Å². The zero-order chi connectivity index (χ0) is 15.8. The van der Waals surface area contributed by atoms with E-state index in [1.54, 1.807) is 31.5 Å². The van der Waals surface area contributed by atoms with Crippen molar-refractivity contribution in [3.8, 4) is 0 Å². The van der Waals surface area contributed by atoms with Crippen molar-refractivity contribution in [2.24, 2.45) is 0 Å². The molecular weight excluding hydrogens is 292 g/mol. The molecule has 0 unspecified atom stereocenters. The molecule has 6 nitrogen and oxygen atoms in total. The summed E-state index contributed by atoms with van der Waals surface area (Å²) in [7, 11) is 0. The van der Waals surface area contributed by atoms with Crippen LogP contribution in [0.3, 0.4) is 0 Å². The molecule has 21 heavy (non-hydrogen) atoms. The lowest BCUT2D eigenvalue weighted by Gasteiger charge is -2.19. The standard InChI is InChI=1S/C14H19ClN4O2/c1-8(2)9-7-16-19-11(6-10(15)17-12(9)19)18-13(20)21-14(3,4)5/h6-8H,1-5H3,(H,18,20). The Hall–Kier alpha value is -1.82. The van der Waals surface area contributed by atoms with Crippen LogP contribution in [0.2, 0.25) is 5.15 Å². The first-order valence-electron chi connectivity index (χ1n) is 6.71. The number of carbonyl (C=O) groups is 1. The van der Waals surface area contributed by atoms with Crippen molar-refractivity contribution in [1.82, 2.24) is 14.6 Å². The largest absolute Gasteiger partial charge is 0.444 e. The van der Waals surface area contributed by atoms with E-state index in [4.69, 9.17) is 16.3 Å². The summed E-state index contributed by atoms with van der Waals surface area (Å²) in [5.41, 5.74) is 1.01. The minimum Gasteiger partial charge on any atom is -0.444 e. The monoisotopic (exact) mass is 310 g/mol. The summed E-state index contributed by atoms with van der Waals surface area (Å²) >= 11 is 6.03. The van der Waals surface area contributed by atoms with Crippen LogP contribution in [0.15, 0.2) is 12.3 Å². The molecule has 7 heteroatoms. The van der Waals surface area contributed by atoms with Crippen LogP contribution in [0.4, 0.5) is 10.6 Å². The number of hydrogen-bond donors (Lipinski definition) is 1. The lowest BCUT2D eigenvalue weighted by atomic mass is 10.1. The van der Waals surface area contributed by atoms with E-state index in [0.29, 0.717) is 11.5 Å². The van der Waals surface area contributed by atoms with Crippen molar-refractivity contribution in [2.75, 3.05) is 5.32 Å². The van der Waals surface area contributed by atoms with E-state index in [-0.39, 0.29) is 11.1 Å². The van der Waals surface area contributed by atoms with Gasteiger partial charge in [0.2, 0.25) is 0 Å². The smallest absolute Gasteiger partial charge is 0.413 e. The summed E-state index contributed by atoms with van der Waals surface area (Å²) in [6.45, 7) is 9.48. The fourth-order valence-corrected chi connectivity index (χ4v) is 2.04. The highest BCUT2D eigenvalue weighted by molar-refractivity contribution is 6.29. The third-order valence-corrected chi connectivity index (χ3v) is 2.91. The molecule has 2 aromatic rings. The second-order valence-corrected chi connectivity index (χ2v) is 6.47. The predicted molar refractivity (Wildman–Crippen MR) is 81.9 cm³/mol. The van der Waals surface area contributed by atoms with Gasteiger partial charge in [0.15, 0.2) is 5.65 Å². The highest BCUT2D eigenvalue weighted by Gasteiger charge is 2.19. The minimum atomic E-state index is -0.576. The average molecular weight is 311 g/mol. The Morgan fingerprint density at radius 2 is 2.10 bits per heavy atom. The van der Waals surface area contributed by atoms with Gasteiger partial charge in [-0.15, -0.1) is 0 Å². The fourth-order valence-electron chi connectivity index (χ4n) is 1.85. The van der Waals surface area contributed by atoms with Crippen LogP contribution in [0, 0.1) is 0 Å². The normalized spacial score (nSPS) is 12.0. The Balaban J connectivity index is 2.38. The Morgan fingerprint density at radius 1 is 1.43 bits per heavy atom. The van der Waals surface area contributed by atoms with Crippen molar-refractivity contribution < 1.29 is 9.53 Å². The molecule has 2 rings (SSSR count).